The van der Waals surface area contributed by atoms with Gasteiger partial charge in [-0.25, -0.2) is 4.98 Å². The van der Waals surface area contributed by atoms with Crippen LogP contribution in [0.3, 0.4) is 0 Å². The molecule has 5 heteroatoms. The second-order valence-corrected chi connectivity index (χ2v) is 6.21. The number of carbonyl (C=O) groups is 1. The van der Waals surface area contributed by atoms with E-state index in [1.54, 1.807) is 17.8 Å². The van der Waals surface area contributed by atoms with Gasteiger partial charge in [0.1, 0.15) is 5.82 Å². The Morgan fingerprint density at radius 3 is 2.60 bits per heavy atom. The topological polar surface area (TPSA) is 54.0 Å². The standard InChI is InChI=1S/C15H25N3OS/c1-10(2)13-8-12(9-14(16-4)18-13)15(19)17-11(3)6-7-20-5/h8-11H,6-7H2,1-5H3,(H,16,18)(H,17,19). The fourth-order valence-corrected chi connectivity index (χ4v) is 2.37. The number of thioether (sulfide) groups is 1. The fourth-order valence-electron chi connectivity index (χ4n) is 1.78. The van der Waals surface area contributed by atoms with Crippen molar-refractivity contribution in [2.24, 2.45) is 0 Å². The molecule has 0 aliphatic rings. The van der Waals surface area contributed by atoms with E-state index < -0.39 is 0 Å². The molecule has 4 nitrogen and oxygen atoms in total. The highest BCUT2D eigenvalue weighted by atomic mass is 32.2. The number of anilines is 1. The first-order valence-electron chi connectivity index (χ1n) is 6.97. The smallest absolute Gasteiger partial charge is 0.251 e. The van der Waals surface area contributed by atoms with Crippen molar-refractivity contribution in [3.05, 3.63) is 23.4 Å². The van der Waals surface area contributed by atoms with Crippen molar-refractivity contribution in [2.75, 3.05) is 24.4 Å². The largest absolute Gasteiger partial charge is 0.373 e. The minimum atomic E-state index is -0.0283. The predicted molar refractivity (Wildman–Crippen MR) is 87.8 cm³/mol. The highest BCUT2D eigenvalue weighted by Crippen LogP contribution is 2.17. The molecule has 0 aromatic carbocycles. The van der Waals surface area contributed by atoms with E-state index in [-0.39, 0.29) is 11.9 Å². The number of pyridine rings is 1. The molecule has 0 aliphatic carbocycles. The Balaban J connectivity index is 2.83. The number of nitrogens with one attached hydrogen (secondary N) is 2. The van der Waals surface area contributed by atoms with Crippen LogP contribution in [0.2, 0.25) is 0 Å². The van der Waals surface area contributed by atoms with Crippen LogP contribution in [0.25, 0.3) is 0 Å². The van der Waals surface area contributed by atoms with E-state index in [2.05, 4.69) is 35.7 Å². The molecule has 1 heterocycles. The van der Waals surface area contributed by atoms with Crippen molar-refractivity contribution in [3.8, 4) is 0 Å². The minimum Gasteiger partial charge on any atom is -0.373 e. The lowest BCUT2D eigenvalue weighted by Gasteiger charge is -2.15. The molecule has 0 saturated heterocycles. The monoisotopic (exact) mass is 295 g/mol. The maximum Gasteiger partial charge on any atom is 0.251 e. The van der Waals surface area contributed by atoms with Gasteiger partial charge < -0.3 is 10.6 Å². The molecule has 0 fully saturated rings. The molecule has 0 aliphatic heterocycles. The molecule has 1 rings (SSSR count). The van der Waals surface area contributed by atoms with Crippen molar-refractivity contribution in [1.29, 1.82) is 0 Å². The lowest BCUT2D eigenvalue weighted by molar-refractivity contribution is 0.0939. The summed E-state index contributed by atoms with van der Waals surface area (Å²) in [5, 5.41) is 6.05. The summed E-state index contributed by atoms with van der Waals surface area (Å²) in [5.74, 6) is 2.05. The van der Waals surface area contributed by atoms with Gasteiger partial charge in [0, 0.05) is 24.3 Å². The second kappa shape index (κ2) is 8.15. The third kappa shape index (κ3) is 5.04. The molecular weight excluding hydrogens is 270 g/mol. The minimum absolute atomic E-state index is 0.0283. The molecule has 112 valence electrons. The molecule has 1 unspecified atom stereocenters. The summed E-state index contributed by atoms with van der Waals surface area (Å²) in [4.78, 5) is 16.8. The van der Waals surface area contributed by atoms with Gasteiger partial charge in [0.15, 0.2) is 0 Å². The van der Waals surface area contributed by atoms with Gasteiger partial charge in [-0.3, -0.25) is 4.79 Å². The van der Waals surface area contributed by atoms with Crippen LogP contribution in [-0.2, 0) is 0 Å². The van der Waals surface area contributed by atoms with Crippen molar-refractivity contribution in [2.45, 2.75) is 39.2 Å². The van der Waals surface area contributed by atoms with Gasteiger partial charge in [0.05, 0.1) is 0 Å². The van der Waals surface area contributed by atoms with E-state index in [0.717, 1.165) is 23.7 Å². The van der Waals surface area contributed by atoms with Crippen LogP contribution in [0.5, 0.6) is 0 Å². The van der Waals surface area contributed by atoms with Crippen LogP contribution in [0.15, 0.2) is 12.1 Å². The van der Waals surface area contributed by atoms with E-state index in [4.69, 9.17) is 0 Å². The highest BCUT2D eigenvalue weighted by Gasteiger charge is 2.13. The summed E-state index contributed by atoms with van der Waals surface area (Å²) in [6.07, 6.45) is 3.05. The number of amides is 1. The van der Waals surface area contributed by atoms with Crippen molar-refractivity contribution in [1.82, 2.24) is 10.3 Å². The van der Waals surface area contributed by atoms with E-state index in [0.29, 0.717) is 11.5 Å². The average Bonchev–Trinajstić information content (AvgIpc) is 2.44. The Hall–Kier alpha value is -1.23. The number of rotatable bonds is 7. The summed E-state index contributed by atoms with van der Waals surface area (Å²) in [7, 11) is 1.81. The molecule has 1 atom stereocenters. The van der Waals surface area contributed by atoms with Crippen LogP contribution in [-0.4, -0.2) is 36.0 Å². The normalized spacial score (nSPS) is 12.3. The van der Waals surface area contributed by atoms with Crippen LogP contribution in [0.1, 0.15) is 49.2 Å². The van der Waals surface area contributed by atoms with Crippen LogP contribution in [0.4, 0.5) is 5.82 Å². The summed E-state index contributed by atoms with van der Waals surface area (Å²) in [6.45, 7) is 6.19. The van der Waals surface area contributed by atoms with Crippen molar-refractivity contribution < 1.29 is 4.79 Å². The van der Waals surface area contributed by atoms with Crippen molar-refractivity contribution in [3.63, 3.8) is 0 Å². The SMILES string of the molecule is CNc1cc(C(=O)NC(C)CCSC)cc(C(C)C)n1. The molecule has 1 aromatic rings. The van der Waals surface area contributed by atoms with Gasteiger partial charge in [0.25, 0.3) is 5.91 Å². The molecule has 0 spiro atoms. The van der Waals surface area contributed by atoms with Crippen LogP contribution < -0.4 is 10.6 Å². The average molecular weight is 295 g/mol. The van der Waals surface area contributed by atoms with Gasteiger partial charge in [-0.2, -0.15) is 11.8 Å². The highest BCUT2D eigenvalue weighted by molar-refractivity contribution is 7.98. The number of hydrogen-bond acceptors (Lipinski definition) is 4. The molecule has 0 saturated carbocycles. The maximum atomic E-state index is 12.3. The molecule has 1 aromatic heterocycles. The summed E-state index contributed by atoms with van der Waals surface area (Å²) in [5.41, 5.74) is 1.60. The third-order valence-electron chi connectivity index (χ3n) is 3.09. The lowest BCUT2D eigenvalue weighted by atomic mass is 10.1. The molecule has 0 bridgehead atoms. The number of nitrogens with zero attached hydrogens (tertiary/aromatic N) is 1. The number of hydrogen-bond donors (Lipinski definition) is 2. The lowest BCUT2D eigenvalue weighted by Crippen LogP contribution is -2.33. The molecular formula is C15H25N3OS. The Morgan fingerprint density at radius 1 is 1.35 bits per heavy atom. The first kappa shape index (κ1) is 16.8. The Bertz CT molecular complexity index is 449. The Morgan fingerprint density at radius 2 is 2.05 bits per heavy atom. The zero-order chi connectivity index (χ0) is 15.1. The molecule has 2 N–H and O–H groups in total. The summed E-state index contributed by atoms with van der Waals surface area (Å²) >= 11 is 1.79. The second-order valence-electron chi connectivity index (χ2n) is 5.23. The number of carbonyl (C=O) groups excluding carboxylic acids is 1. The Kier molecular flexibility index (Phi) is 6.85. The zero-order valence-corrected chi connectivity index (χ0v) is 13.8. The van der Waals surface area contributed by atoms with Gasteiger partial charge >= 0.3 is 0 Å². The van der Waals surface area contributed by atoms with Crippen LogP contribution >= 0.6 is 11.8 Å². The first-order valence-corrected chi connectivity index (χ1v) is 8.36. The third-order valence-corrected chi connectivity index (χ3v) is 3.73. The van der Waals surface area contributed by atoms with E-state index in [1.807, 2.05) is 20.0 Å². The van der Waals surface area contributed by atoms with E-state index >= 15 is 0 Å². The van der Waals surface area contributed by atoms with E-state index in [1.165, 1.54) is 0 Å². The van der Waals surface area contributed by atoms with Gasteiger partial charge in [0.2, 0.25) is 0 Å². The maximum absolute atomic E-state index is 12.3. The van der Waals surface area contributed by atoms with E-state index in [9.17, 15) is 4.79 Å². The van der Waals surface area contributed by atoms with Crippen LogP contribution in [0, 0.1) is 0 Å². The summed E-state index contributed by atoms with van der Waals surface area (Å²) < 4.78 is 0. The molecule has 1 amide bonds. The van der Waals surface area contributed by atoms with Gasteiger partial charge in [-0.1, -0.05) is 13.8 Å². The van der Waals surface area contributed by atoms with Crippen molar-refractivity contribution >= 4 is 23.5 Å². The van der Waals surface area contributed by atoms with Gasteiger partial charge in [-0.05, 0) is 43.4 Å². The zero-order valence-electron chi connectivity index (χ0n) is 13.0. The fraction of sp³-hybridized carbons (Fsp3) is 0.600. The quantitative estimate of drug-likeness (QED) is 0.811. The summed E-state index contributed by atoms with van der Waals surface area (Å²) in [6, 6.07) is 3.86. The number of aromatic nitrogens is 1. The Labute approximate surface area is 126 Å². The first-order chi connectivity index (χ1) is 9.47. The molecule has 0 radical (unpaired) electrons. The van der Waals surface area contributed by atoms with Gasteiger partial charge in [-0.15, -0.1) is 0 Å². The molecule has 20 heavy (non-hydrogen) atoms. The predicted octanol–water partition coefficient (Wildman–Crippen LogP) is 3.12.